The largest absolute Gasteiger partial charge is 0.505 e. The summed E-state index contributed by atoms with van der Waals surface area (Å²) in [7, 11) is -3.27. The maximum atomic E-state index is 13.1. The summed E-state index contributed by atoms with van der Waals surface area (Å²) in [6, 6.07) is 15.9. The van der Waals surface area contributed by atoms with Gasteiger partial charge in [0.2, 0.25) is 0 Å². The van der Waals surface area contributed by atoms with Crippen molar-refractivity contribution in [2.75, 3.05) is 12.4 Å². The first-order valence-corrected chi connectivity index (χ1v) is 13.3. The molecule has 9 nitrogen and oxygen atoms in total. The number of phenols is 1. The van der Waals surface area contributed by atoms with Gasteiger partial charge < -0.3 is 15.2 Å². The molecular formula is C26H21Cl2N3O6S. The summed E-state index contributed by atoms with van der Waals surface area (Å²) in [5.74, 6) is -0.675. The number of hydrogen-bond donors (Lipinski definition) is 3. The minimum Gasteiger partial charge on any atom is -0.505 e. The predicted molar refractivity (Wildman–Crippen MR) is 146 cm³/mol. The van der Waals surface area contributed by atoms with Gasteiger partial charge in [0.25, 0.3) is 16.0 Å². The summed E-state index contributed by atoms with van der Waals surface area (Å²) < 4.78 is 39.0. The second kappa shape index (κ2) is 11.0. The van der Waals surface area contributed by atoms with Crippen LogP contribution in [0.3, 0.4) is 0 Å². The van der Waals surface area contributed by atoms with Crippen molar-refractivity contribution in [1.82, 2.24) is 0 Å². The van der Waals surface area contributed by atoms with Gasteiger partial charge in [0.1, 0.15) is 22.0 Å². The standard InChI is InChI=1S/C26H21Cl2N3O6S/c1-3-14-8-10-21(25(22(14)28)38(34,35)36)30-31-23-17-7-5-4-6-15(17)12-18(24(23)32)26(33)29-20-11-9-16(37-2)13-19(20)27/h4-13,32H,3H2,1-2H3,(H,29,33)(H,34,35,36). The highest BCUT2D eigenvalue weighted by molar-refractivity contribution is 7.86. The number of benzene rings is 4. The number of nitrogens with zero attached hydrogens (tertiary/aromatic N) is 2. The first kappa shape index (κ1) is 27.3. The highest BCUT2D eigenvalue weighted by Crippen LogP contribution is 2.41. The molecule has 0 bridgehead atoms. The van der Waals surface area contributed by atoms with Gasteiger partial charge in [-0.3, -0.25) is 9.35 Å². The Kier molecular flexibility index (Phi) is 7.89. The molecule has 38 heavy (non-hydrogen) atoms. The van der Waals surface area contributed by atoms with Gasteiger partial charge in [-0.15, -0.1) is 10.2 Å². The highest BCUT2D eigenvalue weighted by atomic mass is 35.5. The normalized spacial score (nSPS) is 11.7. The molecule has 0 aromatic heterocycles. The molecule has 0 spiro atoms. The Bertz CT molecular complexity index is 1710. The molecule has 0 heterocycles. The van der Waals surface area contributed by atoms with Crippen LogP contribution in [0.1, 0.15) is 22.8 Å². The average Bonchev–Trinajstić information content (AvgIpc) is 2.88. The molecular weight excluding hydrogens is 553 g/mol. The minimum atomic E-state index is -4.75. The van der Waals surface area contributed by atoms with Gasteiger partial charge in [-0.25, -0.2) is 0 Å². The Morgan fingerprint density at radius 3 is 2.45 bits per heavy atom. The topological polar surface area (TPSA) is 138 Å². The summed E-state index contributed by atoms with van der Waals surface area (Å²) in [5, 5.41) is 22.8. The lowest BCUT2D eigenvalue weighted by Crippen LogP contribution is -2.12. The van der Waals surface area contributed by atoms with Crippen LogP contribution in [0, 0.1) is 0 Å². The number of hydrogen-bond acceptors (Lipinski definition) is 7. The third-order valence-corrected chi connectivity index (χ3v) is 7.50. The van der Waals surface area contributed by atoms with E-state index in [2.05, 4.69) is 15.5 Å². The molecule has 0 radical (unpaired) electrons. The Labute approximate surface area is 228 Å². The third kappa shape index (κ3) is 5.44. The maximum absolute atomic E-state index is 13.1. The van der Waals surface area contributed by atoms with Crippen LogP contribution >= 0.6 is 23.2 Å². The van der Waals surface area contributed by atoms with E-state index in [0.717, 1.165) is 0 Å². The fourth-order valence-corrected chi connectivity index (χ4v) is 5.33. The van der Waals surface area contributed by atoms with Crippen LogP contribution in [0.5, 0.6) is 11.5 Å². The van der Waals surface area contributed by atoms with E-state index in [1.165, 1.54) is 25.3 Å². The third-order valence-electron chi connectivity index (χ3n) is 5.72. The molecule has 4 aromatic rings. The van der Waals surface area contributed by atoms with Crippen LogP contribution in [-0.2, 0) is 16.5 Å². The zero-order valence-electron chi connectivity index (χ0n) is 20.1. The lowest BCUT2D eigenvalue weighted by atomic mass is 10.0. The number of rotatable bonds is 7. The van der Waals surface area contributed by atoms with Crippen molar-refractivity contribution in [3.8, 4) is 11.5 Å². The van der Waals surface area contributed by atoms with Gasteiger partial charge in [-0.1, -0.05) is 60.5 Å². The lowest BCUT2D eigenvalue weighted by Gasteiger charge is -2.13. The maximum Gasteiger partial charge on any atom is 0.298 e. The summed E-state index contributed by atoms with van der Waals surface area (Å²) in [4.78, 5) is 12.5. The van der Waals surface area contributed by atoms with Gasteiger partial charge in [0, 0.05) is 11.5 Å². The molecule has 0 saturated carbocycles. The molecule has 4 aromatic carbocycles. The second-order valence-corrected chi connectivity index (χ2v) is 10.2. The highest BCUT2D eigenvalue weighted by Gasteiger charge is 2.23. The van der Waals surface area contributed by atoms with Crippen molar-refractivity contribution in [1.29, 1.82) is 0 Å². The van der Waals surface area contributed by atoms with Crippen molar-refractivity contribution < 1.29 is 27.6 Å². The van der Waals surface area contributed by atoms with Crippen LogP contribution in [0.2, 0.25) is 10.0 Å². The van der Waals surface area contributed by atoms with Crippen LogP contribution in [0.25, 0.3) is 10.8 Å². The lowest BCUT2D eigenvalue weighted by molar-refractivity contribution is 0.102. The minimum absolute atomic E-state index is 0.0916. The molecule has 4 rings (SSSR count). The number of aryl methyl sites for hydroxylation is 1. The molecule has 0 unspecified atom stereocenters. The van der Waals surface area contributed by atoms with E-state index < -0.39 is 26.7 Å². The fourth-order valence-electron chi connectivity index (χ4n) is 3.79. The molecule has 0 saturated heterocycles. The summed E-state index contributed by atoms with van der Waals surface area (Å²) >= 11 is 12.5. The molecule has 0 fully saturated rings. The molecule has 0 aliphatic rings. The molecule has 0 aliphatic heterocycles. The van der Waals surface area contributed by atoms with E-state index >= 15 is 0 Å². The van der Waals surface area contributed by atoms with Crippen LogP contribution in [0.4, 0.5) is 17.1 Å². The van der Waals surface area contributed by atoms with Crippen molar-refractivity contribution in [2.45, 2.75) is 18.2 Å². The molecule has 0 aliphatic carbocycles. The molecule has 0 atom stereocenters. The Balaban J connectivity index is 1.83. The van der Waals surface area contributed by atoms with Gasteiger partial charge >= 0.3 is 0 Å². The van der Waals surface area contributed by atoms with Crippen molar-refractivity contribution in [2.24, 2.45) is 10.2 Å². The van der Waals surface area contributed by atoms with Crippen LogP contribution in [-0.4, -0.2) is 31.1 Å². The van der Waals surface area contributed by atoms with Crippen molar-refractivity contribution in [3.05, 3.63) is 81.8 Å². The summed E-state index contributed by atoms with van der Waals surface area (Å²) in [6.07, 6.45) is 0.416. The van der Waals surface area contributed by atoms with E-state index in [-0.39, 0.29) is 32.7 Å². The Morgan fingerprint density at radius 2 is 1.79 bits per heavy atom. The number of nitrogens with one attached hydrogen (secondary N) is 1. The molecule has 196 valence electrons. The number of amides is 1. The number of phenolic OH excluding ortho intramolecular Hbond substituents is 1. The van der Waals surface area contributed by atoms with E-state index in [1.807, 2.05) is 0 Å². The number of anilines is 1. The number of ether oxygens (including phenoxy) is 1. The smallest absolute Gasteiger partial charge is 0.298 e. The number of aromatic hydroxyl groups is 1. The van der Waals surface area contributed by atoms with E-state index in [9.17, 15) is 22.9 Å². The summed E-state index contributed by atoms with van der Waals surface area (Å²) in [6.45, 7) is 1.77. The number of azo groups is 1. The first-order chi connectivity index (χ1) is 18.0. The molecule has 3 N–H and O–H groups in total. The second-order valence-electron chi connectivity index (χ2n) is 8.06. The van der Waals surface area contributed by atoms with Crippen molar-refractivity contribution in [3.63, 3.8) is 0 Å². The van der Waals surface area contributed by atoms with E-state index in [4.69, 9.17) is 27.9 Å². The van der Waals surface area contributed by atoms with E-state index in [0.29, 0.717) is 28.5 Å². The Hall–Kier alpha value is -3.70. The fraction of sp³-hybridized carbons (Fsp3) is 0.115. The van der Waals surface area contributed by atoms with Gasteiger partial charge in [0.05, 0.1) is 28.4 Å². The number of carbonyl (C=O) groups excluding carboxylic acids is 1. The number of carbonyl (C=O) groups is 1. The van der Waals surface area contributed by atoms with Crippen LogP contribution < -0.4 is 10.1 Å². The van der Waals surface area contributed by atoms with Gasteiger partial charge in [0.15, 0.2) is 5.75 Å². The van der Waals surface area contributed by atoms with Crippen LogP contribution in [0.15, 0.2) is 75.8 Å². The zero-order chi connectivity index (χ0) is 27.6. The number of fused-ring (bicyclic) bond motifs is 1. The van der Waals surface area contributed by atoms with Gasteiger partial charge in [-0.2, -0.15) is 8.42 Å². The quantitative estimate of drug-likeness (QED) is 0.156. The average molecular weight is 574 g/mol. The van der Waals surface area contributed by atoms with Crippen molar-refractivity contribution >= 4 is 67.1 Å². The zero-order valence-corrected chi connectivity index (χ0v) is 22.4. The monoisotopic (exact) mass is 573 g/mol. The summed E-state index contributed by atoms with van der Waals surface area (Å²) in [5.41, 5.74) is 0.321. The molecule has 12 heteroatoms. The Morgan fingerprint density at radius 1 is 1.05 bits per heavy atom. The molecule has 1 amide bonds. The predicted octanol–water partition coefficient (Wildman–Crippen LogP) is 7.34. The number of methoxy groups -OCH3 is 1. The number of halogens is 2. The van der Waals surface area contributed by atoms with Gasteiger partial charge in [-0.05, 0) is 41.6 Å². The SMILES string of the molecule is CCc1ccc(N=Nc2c(O)c(C(=O)Nc3ccc(OC)cc3Cl)cc3ccccc23)c(S(=O)(=O)O)c1Cl. The first-order valence-electron chi connectivity index (χ1n) is 11.1. The van der Waals surface area contributed by atoms with E-state index in [1.54, 1.807) is 49.4 Å².